The summed E-state index contributed by atoms with van der Waals surface area (Å²) in [6.45, 7) is 0. The first-order valence-corrected chi connectivity index (χ1v) is 6.79. The zero-order valence-corrected chi connectivity index (χ0v) is 11.7. The van der Waals surface area contributed by atoms with Gasteiger partial charge in [0.15, 0.2) is 0 Å². The van der Waals surface area contributed by atoms with E-state index in [4.69, 9.17) is 4.42 Å². The molecular formula is C16H11BrO2. The molecule has 0 atom stereocenters. The van der Waals surface area contributed by atoms with Crippen molar-refractivity contribution in [3.8, 4) is 0 Å². The van der Waals surface area contributed by atoms with Crippen molar-refractivity contribution in [3.05, 3.63) is 80.6 Å². The van der Waals surface area contributed by atoms with E-state index in [2.05, 4.69) is 15.9 Å². The highest BCUT2D eigenvalue weighted by Gasteiger charge is 2.12. The molecule has 0 bridgehead atoms. The highest BCUT2D eigenvalue weighted by atomic mass is 79.9. The fourth-order valence-electron chi connectivity index (χ4n) is 2.10. The van der Waals surface area contributed by atoms with Crippen molar-refractivity contribution in [2.24, 2.45) is 0 Å². The molecule has 0 aliphatic rings. The van der Waals surface area contributed by atoms with Gasteiger partial charge in [-0.3, -0.25) is 0 Å². The second-order valence-electron chi connectivity index (χ2n) is 4.34. The normalized spacial score (nSPS) is 10.8. The third-order valence-corrected chi connectivity index (χ3v) is 3.97. The molecule has 0 fully saturated rings. The minimum Gasteiger partial charge on any atom is -0.422 e. The lowest BCUT2D eigenvalue weighted by atomic mass is 10.1. The van der Waals surface area contributed by atoms with Gasteiger partial charge in [-0.25, -0.2) is 4.79 Å². The SMILES string of the molecule is O=c1oc2ccccc2c(Br)c1Cc1ccccc1. The molecule has 0 radical (unpaired) electrons. The van der Waals surface area contributed by atoms with E-state index in [-0.39, 0.29) is 5.63 Å². The quantitative estimate of drug-likeness (QED) is 0.665. The summed E-state index contributed by atoms with van der Waals surface area (Å²) >= 11 is 3.53. The van der Waals surface area contributed by atoms with Gasteiger partial charge in [-0.05, 0) is 27.6 Å². The summed E-state index contributed by atoms with van der Waals surface area (Å²) < 4.78 is 6.18. The van der Waals surface area contributed by atoms with Gasteiger partial charge in [0.2, 0.25) is 0 Å². The summed E-state index contributed by atoms with van der Waals surface area (Å²) in [4.78, 5) is 12.1. The van der Waals surface area contributed by atoms with Crippen LogP contribution in [0.5, 0.6) is 0 Å². The van der Waals surface area contributed by atoms with Gasteiger partial charge in [-0.1, -0.05) is 48.5 Å². The topological polar surface area (TPSA) is 30.2 Å². The number of benzene rings is 2. The van der Waals surface area contributed by atoms with E-state index < -0.39 is 0 Å². The largest absolute Gasteiger partial charge is 0.422 e. The van der Waals surface area contributed by atoms with E-state index in [1.54, 1.807) is 6.07 Å². The summed E-state index contributed by atoms with van der Waals surface area (Å²) in [6.07, 6.45) is 0.564. The number of para-hydroxylation sites is 1. The third kappa shape index (κ3) is 2.34. The predicted octanol–water partition coefficient (Wildman–Crippen LogP) is 4.15. The number of rotatable bonds is 2. The van der Waals surface area contributed by atoms with Crippen molar-refractivity contribution in [2.75, 3.05) is 0 Å². The van der Waals surface area contributed by atoms with Crippen LogP contribution >= 0.6 is 15.9 Å². The molecule has 2 nitrogen and oxygen atoms in total. The molecular weight excluding hydrogens is 304 g/mol. The summed E-state index contributed by atoms with van der Waals surface area (Å²) in [6, 6.07) is 17.4. The molecule has 0 saturated carbocycles. The van der Waals surface area contributed by atoms with Crippen LogP contribution in [-0.2, 0) is 6.42 Å². The molecule has 0 aliphatic heterocycles. The van der Waals surface area contributed by atoms with E-state index in [0.717, 1.165) is 15.4 Å². The molecule has 0 spiro atoms. The van der Waals surface area contributed by atoms with Gasteiger partial charge in [0.25, 0.3) is 0 Å². The molecule has 0 aliphatic carbocycles. The van der Waals surface area contributed by atoms with Gasteiger partial charge in [-0.2, -0.15) is 0 Å². The lowest BCUT2D eigenvalue weighted by molar-refractivity contribution is 0.551. The average Bonchev–Trinajstić information content (AvgIpc) is 2.45. The van der Waals surface area contributed by atoms with Crippen LogP contribution in [0.4, 0.5) is 0 Å². The van der Waals surface area contributed by atoms with Crippen LogP contribution in [0.25, 0.3) is 11.0 Å². The Bertz CT molecular complexity index is 776. The number of halogens is 1. The summed E-state index contributed by atoms with van der Waals surface area (Å²) in [5, 5.41) is 0.924. The molecule has 3 aromatic rings. The first-order valence-electron chi connectivity index (χ1n) is 6.00. The van der Waals surface area contributed by atoms with Crippen LogP contribution in [0.3, 0.4) is 0 Å². The first kappa shape index (κ1) is 12.2. The highest BCUT2D eigenvalue weighted by molar-refractivity contribution is 9.10. The highest BCUT2D eigenvalue weighted by Crippen LogP contribution is 2.26. The van der Waals surface area contributed by atoms with Gasteiger partial charge >= 0.3 is 5.63 Å². The van der Waals surface area contributed by atoms with Crippen LogP contribution in [0.2, 0.25) is 0 Å². The summed E-state index contributed by atoms with van der Waals surface area (Å²) in [5.74, 6) is 0. The Morgan fingerprint density at radius 3 is 2.42 bits per heavy atom. The van der Waals surface area contributed by atoms with Crippen LogP contribution < -0.4 is 5.63 Å². The van der Waals surface area contributed by atoms with E-state index in [1.807, 2.05) is 48.5 Å². The molecule has 0 amide bonds. The molecule has 1 aromatic heterocycles. The second-order valence-corrected chi connectivity index (χ2v) is 5.13. The van der Waals surface area contributed by atoms with E-state index in [1.165, 1.54) is 0 Å². The number of hydrogen-bond acceptors (Lipinski definition) is 2. The molecule has 19 heavy (non-hydrogen) atoms. The smallest absolute Gasteiger partial charge is 0.340 e. The summed E-state index contributed by atoms with van der Waals surface area (Å²) in [7, 11) is 0. The van der Waals surface area contributed by atoms with E-state index >= 15 is 0 Å². The molecule has 2 aromatic carbocycles. The van der Waals surface area contributed by atoms with Gasteiger partial charge < -0.3 is 4.42 Å². The van der Waals surface area contributed by atoms with Crippen molar-refractivity contribution in [1.82, 2.24) is 0 Å². The Kier molecular flexibility index (Phi) is 3.22. The van der Waals surface area contributed by atoms with Crippen molar-refractivity contribution >= 4 is 26.9 Å². The van der Waals surface area contributed by atoms with Crippen LogP contribution in [-0.4, -0.2) is 0 Å². The maximum Gasteiger partial charge on any atom is 0.340 e. The molecule has 3 heteroatoms. The van der Waals surface area contributed by atoms with E-state index in [0.29, 0.717) is 17.6 Å². The third-order valence-electron chi connectivity index (χ3n) is 3.06. The summed E-state index contributed by atoms with van der Waals surface area (Å²) in [5.41, 5.74) is 2.07. The number of hydrogen-bond donors (Lipinski definition) is 0. The molecule has 0 saturated heterocycles. The Balaban J connectivity index is 2.16. The average molecular weight is 315 g/mol. The maximum absolute atomic E-state index is 12.1. The van der Waals surface area contributed by atoms with Crippen LogP contribution in [0.1, 0.15) is 11.1 Å². The van der Waals surface area contributed by atoms with Crippen molar-refractivity contribution in [2.45, 2.75) is 6.42 Å². The first-order chi connectivity index (χ1) is 9.25. The Morgan fingerprint density at radius 1 is 0.947 bits per heavy atom. The predicted molar refractivity (Wildman–Crippen MR) is 79.4 cm³/mol. The molecule has 0 unspecified atom stereocenters. The molecule has 1 heterocycles. The maximum atomic E-state index is 12.1. The minimum absolute atomic E-state index is 0.283. The molecule has 0 N–H and O–H groups in total. The van der Waals surface area contributed by atoms with Gasteiger partial charge in [0.05, 0.1) is 5.56 Å². The van der Waals surface area contributed by atoms with E-state index in [9.17, 15) is 4.79 Å². The lowest BCUT2D eigenvalue weighted by Crippen LogP contribution is -2.09. The van der Waals surface area contributed by atoms with Crippen molar-refractivity contribution in [1.29, 1.82) is 0 Å². The second kappa shape index (κ2) is 5.02. The fourth-order valence-corrected chi connectivity index (χ4v) is 2.73. The zero-order valence-electron chi connectivity index (χ0n) is 10.1. The molecule has 94 valence electrons. The Morgan fingerprint density at radius 2 is 1.63 bits per heavy atom. The van der Waals surface area contributed by atoms with Crippen molar-refractivity contribution in [3.63, 3.8) is 0 Å². The minimum atomic E-state index is -0.283. The lowest BCUT2D eigenvalue weighted by Gasteiger charge is -2.06. The van der Waals surface area contributed by atoms with Crippen LogP contribution in [0, 0.1) is 0 Å². The van der Waals surface area contributed by atoms with Gasteiger partial charge in [-0.15, -0.1) is 0 Å². The van der Waals surface area contributed by atoms with Gasteiger partial charge in [0, 0.05) is 16.3 Å². The van der Waals surface area contributed by atoms with Crippen LogP contribution in [0.15, 0.2) is 68.3 Å². The fraction of sp³-hybridized carbons (Fsp3) is 0.0625. The molecule has 3 rings (SSSR count). The van der Waals surface area contributed by atoms with Gasteiger partial charge in [0.1, 0.15) is 5.58 Å². The monoisotopic (exact) mass is 314 g/mol. The van der Waals surface area contributed by atoms with Crippen molar-refractivity contribution < 1.29 is 4.42 Å². The standard InChI is InChI=1S/C16H11BrO2/c17-15-12-8-4-5-9-14(12)19-16(18)13(15)10-11-6-2-1-3-7-11/h1-9H,10H2. The zero-order chi connectivity index (χ0) is 13.2. The number of fused-ring (bicyclic) bond motifs is 1. The Hall–Kier alpha value is -1.87. The Labute approximate surface area is 118 Å².